The molecule has 0 aliphatic carbocycles. The summed E-state index contributed by atoms with van der Waals surface area (Å²) < 4.78 is 0. The summed E-state index contributed by atoms with van der Waals surface area (Å²) >= 11 is 17.3. The Labute approximate surface area is 124 Å². The van der Waals surface area contributed by atoms with Gasteiger partial charge in [-0.3, -0.25) is 4.79 Å². The van der Waals surface area contributed by atoms with Gasteiger partial charge in [-0.1, -0.05) is 34.8 Å². The maximum atomic E-state index is 12.0. The Balaban J connectivity index is 2.23. The molecular weight excluding hydrogens is 309 g/mol. The highest BCUT2D eigenvalue weighted by Crippen LogP contribution is 2.29. The Bertz CT molecular complexity index is 606. The van der Waals surface area contributed by atoms with Crippen LogP contribution < -0.4 is 11.1 Å². The number of nitrogens with one attached hydrogen (secondary N) is 1. The number of carbonyl (C=O) groups is 1. The van der Waals surface area contributed by atoms with Crippen LogP contribution in [0.4, 0.5) is 11.4 Å². The molecule has 1 aromatic carbocycles. The molecule has 3 N–H and O–H groups in total. The topological polar surface area (TPSA) is 68.0 Å². The number of nitrogens with two attached hydrogens (primary N) is 1. The standard InChI is InChI=1S/C12H8Cl3N3O/c13-8-3-6(4-9(16)11(8)15)12(19)18-7-1-2-10(14)17-5-7/h1-5H,16H2,(H,18,19). The molecule has 0 aliphatic heterocycles. The molecule has 98 valence electrons. The first-order valence-corrected chi connectivity index (χ1v) is 6.28. The van der Waals surface area contributed by atoms with Crippen molar-refractivity contribution in [1.29, 1.82) is 0 Å². The first-order chi connectivity index (χ1) is 8.97. The van der Waals surface area contributed by atoms with Gasteiger partial charge in [0.2, 0.25) is 0 Å². The van der Waals surface area contributed by atoms with E-state index in [1.54, 1.807) is 12.1 Å². The number of anilines is 2. The van der Waals surface area contributed by atoms with Gasteiger partial charge in [-0.2, -0.15) is 0 Å². The lowest BCUT2D eigenvalue weighted by Crippen LogP contribution is -2.12. The lowest BCUT2D eigenvalue weighted by Gasteiger charge is -2.07. The van der Waals surface area contributed by atoms with Crippen LogP contribution >= 0.6 is 34.8 Å². The second-order valence-corrected chi connectivity index (χ2v) is 4.86. The highest BCUT2D eigenvalue weighted by molar-refractivity contribution is 6.44. The molecule has 1 amide bonds. The molecule has 0 saturated carbocycles. The van der Waals surface area contributed by atoms with E-state index < -0.39 is 0 Å². The summed E-state index contributed by atoms with van der Waals surface area (Å²) in [4.78, 5) is 15.8. The third kappa shape index (κ3) is 3.29. The number of aromatic nitrogens is 1. The lowest BCUT2D eigenvalue weighted by molar-refractivity contribution is 0.102. The lowest BCUT2D eigenvalue weighted by atomic mass is 10.2. The zero-order chi connectivity index (χ0) is 14.0. The van der Waals surface area contributed by atoms with E-state index in [1.165, 1.54) is 18.3 Å². The number of pyridine rings is 1. The Morgan fingerprint density at radius 1 is 1.21 bits per heavy atom. The van der Waals surface area contributed by atoms with Crippen molar-refractivity contribution in [2.45, 2.75) is 0 Å². The highest BCUT2D eigenvalue weighted by atomic mass is 35.5. The van der Waals surface area contributed by atoms with E-state index in [2.05, 4.69) is 10.3 Å². The second kappa shape index (κ2) is 5.65. The van der Waals surface area contributed by atoms with Crippen molar-refractivity contribution in [2.24, 2.45) is 0 Å². The molecule has 0 bridgehead atoms. The van der Waals surface area contributed by atoms with Crippen LogP contribution in [0.3, 0.4) is 0 Å². The van der Waals surface area contributed by atoms with E-state index in [0.29, 0.717) is 16.4 Å². The maximum absolute atomic E-state index is 12.0. The van der Waals surface area contributed by atoms with Crippen LogP contribution in [0.5, 0.6) is 0 Å². The Hall–Kier alpha value is -1.49. The van der Waals surface area contributed by atoms with E-state index in [4.69, 9.17) is 40.5 Å². The van der Waals surface area contributed by atoms with E-state index in [0.717, 1.165) is 0 Å². The Kier molecular flexibility index (Phi) is 4.14. The molecular formula is C12H8Cl3N3O. The number of nitrogen functional groups attached to an aromatic ring is 1. The van der Waals surface area contributed by atoms with Crippen LogP contribution in [0.1, 0.15) is 10.4 Å². The molecule has 4 nitrogen and oxygen atoms in total. The summed E-state index contributed by atoms with van der Waals surface area (Å²) in [5.74, 6) is -0.366. The average Bonchev–Trinajstić information content (AvgIpc) is 2.38. The van der Waals surface area contributed by atoms with Crippen molar-refractivity contribution in [3.63, 3.8) is 0 Å². The predicted molar refractivity (Wildman–Crippen MR) is 78.1 cm³/mol. The van der Waals surface area contributed by atoms with Crippen molar-refractivity contribution in [3.05, 3.63) is 51.2 Å². The molecule has 0 radical (unpaired) electrons. The number of rotatable bonds is 2. The minimum absolute atomic E-state index is 0.223. The summed E-state index contributed by atoms with van der Waals surface area (Å²) in [5.41, 5.74) is 6.71. The highest BCUT2D eigenvalue weighted by Gasteiger charge is 2.11. The van der Waals surface area contributed by atoms with Crippen LogP contribution in [0.25, 0.3) is 0 Å². The first-order valence-electron chi connectivity index (χ1n) is 5.15. The molecule has 0 atom stereocenters. The van der Waals surface area contributed by atoms with Gasteiger partial charge in [0.15, 0.2) is 0 Å². The summed E-state index contributed by atoms with van der Waals surface area (Å²) in [5, 5.41) is 3.44. The van der Waals surface area contributed by atoms with Crippen molar-refractivity contribution in [2.75, 3.05) is 11.1 Å². The minimum atomic E-state index is -0.366. The average molecular weight is 317 g/mol. The van der Waals surface area contributed by atoms with Crippen LogP contribution in [0, 0.1) is 0 Å². The zero-order valence-electron chi connectivity index (χ0n) is 9.45. The number of nitrogens with zero attached hydrogens (tertiary/aromatic N) is 1. The van der Waals surface area contributed by atoms with Gasteiger partial charge in [-0.05, 0) is 24.3 Å². The largest absolute Gasteiger partial charge is 0.397 e. The molecule has 0 saturated heterocycles. The summed E-state index contributed by atoms with van der Waals surface area (Å²) in [6.07, 6.45) is 1.45. The Morgan fingerprint density at radius 2 is 1.95 bits per heavy atom. The van der Waals surface area contributed by atoms with Crippen molar-refractivity contribution in [1.82, 2.24) is 4.98 Å². The smallest absolute Gasteiger partial charge is 0.255 e. The predicted octanol–water partition coefficient (Wildman–Crippen LogP) is 3.88. The van der Waals surface area contributed by atoms with Gasteiger partial charge in [0.05, 0.1) is 27.6 Å². The maximum Gasteiger partial charge on any atom is 0.255 e. The van der Waals surface area contributed by atoms with Crippen LogP contribution in [0.15, 0.2) is 30.5 Å². The van der Waals surface area contributed by atoms with Gasteiger partial charge >= 0.3 is 0 Å². The fourth-order valence-corrected chi connectivity index (χ4v) is 1.84. The Morgan fingerprint density at radius 3 is 2.53 bits per heavy atom. The molecule has 0 unspecified atom stereocenters. The third-order valence-corrected chi connectivity index (χ3v) is 3.34. The molecule has 0 aliphatic rings. The molecule has 2 aromatic rings. The second-order valence-electron chi connectivity index (χ2n) is 3.69. The third-order valence-electron chi connectivity index (χ3n) is 2.30. The van der Waals surface area contributed by atoms with Gasteiger partial charge in [-0.25, -0.2) is 4.98 Å². The molecule has 7 heteroatoms. The van der Waals surface area contributed by atoms with E-state index in [-0.39, 0.29) is 21.6 Å². The number of hydrogen-bond acceptors (Lipinski definition) is 3. The SMILES string of the molecule is Nc1cc(C(=O)Nc2ccc(Cl)nc2)cc(Cl)c1Cl. The molecule has 0 fully saturated rings. The fourth-order valence-electron chi connectivity index (χ4n) is 1.39. The summed E-state index contributed by atoms with van der Waals surface area (Å²) in [6, 6.07) is 6.10. The van der Waals surface area contributed by atoms with Gasteiger partial charge in [-0.15, -0.1) is 0 Å². The minimum Gasteiger partial charge on any atom is -0.397 e. The summed E-state index contributed by atoms with van der Waals surface area (Å²) in [7, 11) is 0. The molecule has 19 heavy (non-hydrogen) atoms. The van der Waals surface area contributed by atoms with Gasteiger partial charge in [0, 0.05) is 5.56 Å². The number of halogens is 3. The molecule has 2 rings (SSSR count). The van der Waals surface area contributed by atoms with Crippen molar-refractivity contribution < 1.29 is 4.79 Å². The van der Waals surface area contributed by atoms with E-state index in [1.807, 2.05) is 0 Å². The number of carbonyl (C=O) groups excluding carboxylic acids is 1. The number of benzene rings is 1. The number of amides is 1. The van der Waals surface area contributed by atoms with Crippen LogP contribution in [-0.4, -0.2) is 10.9 Å². The van der Waals surface area contributed by atoms with E-state index in [9.17, 15) is 4.79 Å². The normalized spacial score (nSPS) is 10.3. The molecule has 1 aromatic heterocycles. The van der Waals surface area contributed by atoms with Gasteiger partial charge in [0.1, 0.15) is 5.15 Å². The summed E-state index contributed by atoms with van der Waals surface area (Å²) in [6.45, 7) is 0. The number of hydrogen-bond donors (Lipinski definition) is 2. The first kappa shape index (κ1) is 13.9. The van der Waals surface area contributed by atoms with Gasteiger partial charge < -0.3 is 11.1 Å². The van der Waals surface area contributed by atoms with Crippen LogP contribution in [0.2, 0.25) is 15.2 Å². The van der Waals surface area contributed by atoms with E-state index >= 15 is 0 Å². The quantitative estimate of drug-likeness (QED) is 0.652. The van der Waals surface area contributed by atoms with Crippen LogP contribution in [-0.2, 0) is 0 Å². The van der Waals surface area contributed by atoms with Gasteiger partial charge in [0.25, 0.3) is 5.91 Å². The van der Waals surface area contributed by atoms with Crippen molar-refractivity contribution >= 4 is 52.1 Å². The fraction of sp³-hybridized carbons (Fsp3) is 0. The zero-order valence-corrected chi connectivity index (χ0v) is 11.7. The molecule has 1 heterocycles. The molecule has 0 spiro atoms. The van der Waals surface area contributed by atoms with Crippen molar-refractivity contribution in [3.8, 4) is 0 Å². The monoisotopic (exact) mass is 315 g/mol.